The minimum absolute atomic E-state index is 0.0585. The summed E-state index contributed by atoms with van der Waals surface area (Å²) in [4.78, 5) is 6.98. The van der Waals surface area contributed by atoms with E-state index in [-0.39, 0.29) is 16.2 Å². The maximum atomic E-state index is 16.1. The molecular weight excluding hydrogens is 471 g/mol. The summed E-state index contributed by atoms with van der Waals surface area (Å²) < 4.78 is 28.1. The quantitative estimate of drug-likeness (QED) is 0.354. The lowest BCUT2D eigenvalue weighted by atomic mass is 9.94. The number of fused-ring (bicyclic) bond motifs is 3. The fourth-order valence-corrected chi connectivity index (χ4v) is 5.08. The van der Waals surface area contributed by atoms with Gasteiger partial charge in [0.25, 0.3) is 0 Å². The van der Waals surface area contributed by atoms with Crippen molar-refractivity contribution in [2.45, 2.75) is 26.2 Å². The van der Waals surface area contributed by atoms with Crippen LogP contribution in [0.5, 0.6) is 17.2 Å². The minimum atomic E-state index is -0.440. The number of likely N-dealkylation sites (tertiary alicyclic amines) is 1. The zero-order valence-electron chi connectivity index (χ0n) is 20.0. The van der Waals surface area contributed by atoms with Gasteiger partial charge < -0.3 is 19.5 Å². The molecule has 4 aromatic rings. The standard InChI is InChI=1S/C26H28ClFN4O3/c1-14-22(28)21-20(25(34-3)24(14)35-11-8-15-6-9-32(2)10-7-15)17-13-29-31-26(17)30-23(21)16-4-5-19(33)18(27)12-16/h4-5,12-13,15,33H,6-11H2,1-3H3,(H,29,30,31). The Bertz CT molecular complexity index is 1400. The topological polar surface area (TPSA) is 83.5 Å². The number of nitrogens with one attached hydrogen (secondary N) is 1. The second-order valence-corrected chi connectivity index (χ2v) is 9.60. The fraction of sp³-hybridized carbons (Fsp3) is 0.385. The highest BCUT2D eigenvalue weighted by atomic mass is 35.5. The van der Waals surface area contributed by atoms with Gasteiger partial charge in [0.2, 0.25) is 0 Å². The van der Waals surface area contributed by atoms with Gasteiger partial charge in [-0.2, -0.15) is 5.10 Å². The van der Waals surface area contributed by atoms with Crippen LogP contribution >= 0.6 is 11.6 Å². The van der Waals surface area contributed by atoms with Crippen molar-refractivity contribution in [3.05, 3.63) is 40.8 Å². The maximum absolute atomic E-state index is 16.1. The zero-order chi connectivity index (χ0) is 24.7. The summed E-state index contributed by atoms with van der Waals surface area (Å²) in [5.74, 6) is 0.941. The normalized spacial score (nSPS) is 15.2. The number of rotatable bonds is 6. The molecule has 184 valence electrons. The van der Waals surface area contributed by atoms with E-state index in [0.29, 0.717) is 57.3 Å². The molecule has 5 rings (SSSR count). The molecule has 0 bridgehead atoms. The summed E-state index contributed by atoms with van der Waals surface area (Å²) >= 11 is 6.16. The lowest BCUT2D eigenvalue weighted by Crippen LogP contribution is -2.30. The number of aromatic nitrogens is 3. The lowest BCUT2D eigenvalue weighted by Gasteiger charge is -2.29. The van der Waals surface area contributed by atoms with Crippen molar-refractivity contribution >= 4 is 33.4 Å². The first-order valence-electron chi connectivity index (χ1n) is 11.7. The molecule has 3 heterocycles. The van der Waals surface area contributed by atoms with Crippen molar-refractivity contribution in [3.8, 4) is 28.5 Å². The number of methoxy groups -OCH3 is 1. The molecule has 2 N–H and O–H groups in total. The number of nitrogens with zero attached hydrogens (tertiary/aromatic N) is 3. The van der Waals surface area contributed by atoms with Crippen LogP contribution in [0.25, 0.3) is 33.1 Å². The van der Waals surface area contributed by atoms with E-state index in [1.807, 2.05) is 0 Å². The molecule has 7 nitrogen and oxygen atoms in total. The van der Waals surface area contributed by atoms with Crippen LogP contribution in [0.15, 0.2) is 24.4 Å². The molecule has 1 saturated heterocycles. The summed E-state index contributed by atoms with van der Waals surface area (Å²) in [6.07, 6.45) is 4.80. The summed E-state index contributed by atoms with van der Waals surface area (Å²) in [7, 11) is 3.70. The number of aromatic amines is 1. The highest BCUT2D eigenvalue weighted by Gasteiger charge is 2.26. The molecule has 2 aromatic carbocycles. The van der Waals surface area contributed by atoms with Crippen LogP contribution < -0.4 is 9.47 Å². The van der Waals surface area contributed by atoms with Gasteiger partial charge in [0.1, 0.15) is 11.6 Å². The van der Waals surface area contributed by atoms with Gasteiger partial charge in [-0.1, -0.05) is 11.6 Å². The first-order valence-corrected chi connectivity index (χ1v) is 12.1. The molecule has 1 aliphatic heterocycles. The Morgan fingerprint density at radius 3 is 2.71 bits per heavy atom. The number of phenolic OH excluding ortho intramolecular Hbond substituents is 1. The maximum Gasteiger partial charge on any atom is 0.169 e. The molecule has 1 aliphatic rings. The zero-order valence-corrected chi connectivity index (χ0v) is 20.7. The van der Waals surface area contributed by atoms with Gasteiger partial charge in [0.05, 0.1) is 36.0 Å². The number of pyridine rings is 1. The van der Waals surface area contributed by atoms with Gasteiger partial charge in [-0.15, -0.1) is 0 Å². The van der Waals surface area contributed by atoms with E-state index >= 15 is 4.39 Å². The van der Waals surface area contributed by atoms with Crippen LogP contribution in [0, 0.1) is 18.7 Å². The van der Waals surface area contributed by atoms with E-state index < -0.39 is 5.82 Å². The summed E-state index contributed by atoms with van der Waals surface area (Å²) in [5, 5.41) is 18.5. The Labute approximate surface area is 207 Å². The molecule has 2 aromatic heterocycles. The van der Waals surface area contributed by atoms with Crippen LogP contribution in [0.1, 0.15) is 24.8 Å². The van der Waals surface area contributed by atoms with E-state index in [9.17, 15) is 5.11 Å². The third kappa shape index (κ3) is 4.25. The number of halogens is 2. The van der Waals surface area contributed by atoms with Crippen molar-refractivity contribution < 1.29 is 19.0 Å². The average Bonchev–Trinajstić information content (AvgIpc) is 3.33. The van der Waals surface area contributed by atoms with Gasteiger partial charge >= 0.3 is 0 Å². The van der Waals surface area contributed by atoms with E-state index in [4.69, 9.17) is 21.1 Å². The molecule has 1 fully saturated rings. The number of piperidine rings is 1. The average molecular weight is 499 g/mol. The van der Waals surface area contributed by atoms with Crippen molar-refractivity contribution in [1.29, 1.82) is 0 Å². The lowest BCUT2D eigenvalue weighted by molar-refractivity contribution is 0.185. The predicted molar refractivity (Wildman–Crippen MR) is 135 cm³/mol. The van der Waals surface area contributed by atoms with Crippen LogP contribution in [-0.2, 0) is 0 Å². The van der Waals surface area contributed by atoms with Gasteiger partial charge in [0, 0.05) is 21.9 Å². The first-order chi connectivity index (χ1) is 16.9. The van der Waals surface area contributed by atoms with E-state index in [2.05, 4.69) is 27.1 Å². The van der Waals surface area contributed by atoms with Crippen molar-refractivity contribution in [3.63, 3.8) is 0 Å². The summed E-state index contributed by atoms with van der Waals surface area (Å²) in [6.45, 7) is 4.35. The Morgan fingerprint density at radius 2 is 2.00 bits per heavy atom. The first kappa shape index (κ1) is 23.6. The molecule has 35 heavy (non-hydrogen) atoms. The minimum Gasteiger partial charge on any atom is -0.506 e. The van der Waals surface area contributed by atoms with E-state index in [1.165, 1.54) is 6.07 Å². The molecule has 0 atom stereocenters. The molecule has 0 unspecified atom stereocenters. The highest BCUT2D eigenvalue weighted by molar-refractivity contribution is 6.32. The fourth-order valence-electron chi connectivity index (χ4n) is 4.90. The summed E-state index contributed by atoms with van der Waals surface area (Å²) in [6, 6.07) is 4.68. The van der Waals surface area contributed by atoms with Crippen LogP contribution in [-0.4, -0.2) is 59.0 Å². The number of ether oxygens (including phenoxy) is 2. The Morgan fingerprint density at radius 1 is 1.23 bits per heavy atom. The number of hydrogen-bond donors (Lipinski definition) is 2. The molecule has 9 heteroatoms. The van der Waals surface area contributed by atoms with Crippen LogP contribution in [0.4, 0.5) is 4.39 Å². The largest absolute Gasteiger partial charge is 0.506 e. The van der Waals surface area contributed by atoms with Gasteiger partial charge in [-0.25, -0.2) is 9.37 Å². The van der Waals surface area contributed by atoms with Gasteiger partial charge in [0.15, 0.2) is 17.1 Å². The van der Waals surface area contributed by atoms with Gasteiger partial charge in [-0.3, -0.25) is 5.10 Å². The van der Waals surface area contributed by atoms with Crippen LogP contribution in [0.2, 0.25) is 5.02 Å². The number of benzene rings is 2. The Hall–Kier alpha value is -3.10. The molecule has 0 aliphatic carbocycles. The SMILES string of the molecule is COc1c(OCCC2CCN(C)CC2)c(C)c(F)c2c(-c3ccc(O)c(Cl)c3)nc3[nH]ncc3c12. The molecule has 0 amide bonds. The third-order valence-corrected chi connectivity index (χ3v) is 7.26. The number of hydrogen-bond acceptors (Lipinski definition) is 6. The van der Waals surface area contributed by atoms with E-state index in [1.54, 1.807) is 32.4 Å². The molecule has 0 radical (unpaired) electrons. The van der Waals surface area contributed by atoms with Crippen molar-refractivity contribution in [2.24, 2.45) is 5.92 Å². The molecule has 0 saturated carbocycles. The predicted octanol–water partition coefficient (Wildman–Crippen LogP) is 5.70. The molecule has 0 spiro atoms. The second-order valence-electron chi connectivity index (χ2n) is 9.19. The Kier molecular flexibility index (Phi) is 6.42. The smallest absolute Gasteiger partial charge is 0.169 e. The third-order valence-electron chi connectivity index (χ3n) is 6.96. The van der Waals surface area contributed by atoms with Crippen molar-refractivity contribution in [2.75, 3.05) is 33.9 Å². The second kappa shape index (κ2) is 9.51. The Balaban J connectivity index is 1.62. The van der Waals surface area contributed by atoms with Crippen LogP contribution in [0.3, 0.4) is 0 Å². The molecular formula is C26H28ClFN4O3. The number of H-pyrrole nitrogens is 1. The highest BCUT2D eigenvalue weighted by Crippen LogP contribution is 2.47. The van der Waals surface area contributed by atoms with Gasteiger partial charge in [-0.05, 0) is 70.4 Å². The number of aromatic hydroxyl groups is 1. The van der Waals surface area contributed by atoms with Crippen molar-refractivity contribution in [1.82, 2.24) is 20.1 Å². The monoisotopic (exact) mass is 498 g/mol. The van der Waals surface area contributed by atoms with E-state index in [0.717, 1.165) is 32.4 Å². The number of phenols is 1. The summed E-state index contributed by atoms with van der Waals surface area (Å²) in [5.41, 5.74) is 1.77.